The molecule has 1 fully saturated rings. The van der Waals surface area contributed by atoms with Gasteiger partial charge >= 0.3 is 6.09 Å². The quantitative estimate of drug-likeness (QED) is 0.783. The Morgan fingerprint density at radius 1 is 1.04 bits per heavy atom. The highest BCUT2D eigenvalue weighted by Gasteiger charge is 2.25. The van der Waals surface area contributed by atoms with Crippen LogP contribution < -0.4 is 4.74 Å². The third-order valence-corrected chi connectivity index (χ3v) is 3.82. The molecule has 1 amide bonds. The topological polar surface area (TPSA) is 42.0 Å². The Hall–Kier alpha value is -2.01. The number of hydrogen-bond donors (Lipinski definition) is 0. The number of allylic oxidation sites excluding steroid dienone is 2. The van der Waals surface area contributed by atoms with E-state index in [-0.39, 0.29) is 6.09 Å². The van der Waals surface area contributed by atoms with Gasteiger partial charge in [0.15, 0.2) is 0 Å². The highest BCUT2D eigenvalue weighted by Crippen LogP contribution is 2.15. The van der Waals surface area contributed by atoms with Gasteiger partial charge < -0.3 is 14.4 Å². The van der Waals surface area contributed by atoms with Crippen molar-refractivity contribution in [2.75, 3.05) is 33.3 Å². The number of rotatable bonds is 3. The Bertz CT molecular complexity index is 564. The summed E-state index contributed by atoms with van der Waals surface area (Å²) < 4.78 is 10.6. The molecular weight excluding hydrogens is 316 g/mol. The standard InChI is InChI=1S/C17H26N2O3.C3H4/c1-17(2,3)22-16(20)19-11-9-18(10-12-19)13-14-5-7-15(21-4)8-6-14;1-2-3-1/h5-8H,9-13H2,1-4H3;1-2H,3H2. The number of nitrogens with zero attached hydrogens (tertiary/aromatic N) is 2. The van der Waals surface area contributed by atoms with E-state index in [4.69, 9.17) is 9.47 Å². The molecule has 0 atom stereocenters. The van der Waals surface area contributed by atoms with Crippen LogP contribution in [0.15, 0.2) is 36.4 Å². The molecule has 0 saturated carbocycles. The minimum atomic E-state index is -0.433. The smallest absolute Gasteiger partial charge is 0.410 e. The summed E-state index contributed by atoms with van der Waals surface area (Å²) in [7, 11) is 1.67. The zero-order valence-corrected chi connectivity index (χ0v) is 15.8. The van der Waals surface area contributed by atoms with E-state index in [1.165, 1.54) is 12.0 Å². The van der Waals surface area contributed by atoms with E-state index >= 15 is 0 Å². The third-order valence-electron chi connectivity index (χ3n) is 3.82. The van der Waals surface area contributed by atoms with E-state index in [2.05, 4.69) is 29.2 Å². The van der Waals surface area contributed by atoms with Crippen molar-refractivity contribution in [1.82, 2.24) is 9.80 Å². The number of piperazine rings is 1. The van der Waals surface area contributed by atoms with Crippen LogP contribution in [0, 0.1) is 0 Å². The zero-order valence-electron chi connectivity index (χ0n) is 15.8. The van der Waals surface area contributed by atoms with Gasteiger partial charge in [-0.25, -0.2) is 4.79 Å². The van der Waals surface area contributed by atoms with Gasteiger partial charge in [0.1, 0.15) is 11.4 Å². The molecule has 1 saturated heterocycles. The predicted molar refractivity (Wildman–Crippen MR) is 99.8 cm³/mol. The van der Waals surface area contributed by atoms with Crippen LogP contribution in [0.2, 0.25) is 0 Å². The average molecular weight is 346 g/mol. The third kappa shape index (κ3) is 7.61. The van der Waals surface area contributed by atoms with Crippen molar-refractivity contribution in [3.05, 3.63) is 42.0 Å². The maximum atomic E-state index is 12.0. The van der Waals surface area contributed by atoms with Crippen LogP contribution in [0.4, 0.5) is 4.79 Å². The molecule has 138 valence electrons. The fraction of sp³-hybridized carbons (Fsp3) is 0.550. The van der Waals surface area contributed by atoms with Gasteiger partial charge in [-0.15, -0.1) is 0 Å². The molecule has 2 aliphatic rings. The van der Waals surface area contributed by atoms with Crippen molar-refractivity contribution in [1.29, 1.82) is 0 Å². The maximum Gasteiger partial charge on any atom is 0.410 e. The minimum absolute atomic E-state index is 0.211. The Kier molecular flexibility index (Phi) is 6.88. The second-order valence-corrected chi connectivity index (χ2v) is 7.30. The van der Waals surface area contributed by atoms with Crippen LogP contribution in [0.5, 0.6) is 5.75 Å². The average Bonchev–Trinajstić information content (AvgIpc) is 3.43. The van der Waals surface area contributed by atoms with Gasteiger partial charge in [-0.1, -0.05) is 24.3 Å². The first-order valence-corrected chi connectivity index (χ1v) is 8.85. The Morgan fingerprint density at radius 2 is 1.60 bits per heavy atom. The molecule has 0 aromatic heterocycles. The van der Waals surface area contributed by atoms with E-state index in [0.717, 1.165) is 25.4 Å². The van der Waals surface area contributed by atoms with Gasteiger partial charge in [-0.2, -0.15) is 0 Å². The van der Waals surface area contributed by atoms with Crippen molar-refractivity contribution < 1.29 is 14.3 Å². The number of carbonyl (C=O) groups is 1. The lowest BCUT2D eigenvalue weighted by atomic mass is 10.2. The van der Waals surface area contributed by atoms with Gasteiger partial charge in [0, 0.05) is 32.7 Å². The fourth-order valence-corrected chi connectivity index (χ4v) is 2.40. The molecule has 0 bridgehead atoms. The number of amides is 1. The van der Waals surface area contributed by atoms with E-state index in [0.29, 0.717) is 13.1 Å². The highest BCUT2D eigenvalue weighted by atomic mass is 16.6. The summed E-state index contributed by atoms with van der Waals surface area (Å²) in [6.07, 6.45) is 5.29. The summed E-state index contributed by atoms with van der Waals surface area (Å²) in [5.74, 6) is 0.874. The van der Waals surface area contributed by atoms with Crippen LogP contribution in [0.25, 0.3) is 0 Å². The molecule has 3 rings (SSSR count). The van der Waals surface area contributed by atoms with Crippen LogP contribution >= 0.6 is 0 Å². The molecule has 0 spiro atoms. The molecule has 25 heavy (non-hydrogen) atoms. The Labute approximate surface area is 151 Å². The molecule has 1 aromatic rings. The number of hydrogen-bond acceptors (Lipinski definition) is 4. The first-order valence-electron chi connectivity index (χ1n) is 8.85. The highest BCUT2D eigenvalue weighted by molar-refractivity contribution is 5.68. The SMILES string of the molecule is C1=CC1.COc1ccc(CN2CCN(C(=O)OC(C)(C)C)CC2)cc1. The molecule has 0 radical (unpaired) electrons. The Balaban J connectivity index is 0.000000676. The van der Waals surface area contributed by atoms with Gasteiger partial charge in [-0.3, -0.25) is 4.90 Å². The van der Waals surface area contributed by atoms with E-state index in [1.807, 2.05) is 32.9 Å². The molecular formula is C20H30N2O3. The molecule has 1 aromatic carbocycles. The molecule has 5 heteroatoms. The number of ether oxygens (including phenoxy) is 2. The predicted octanol–water partition coefficient (Wildman–Crippen LogP) is 3.69. The molecule has 1 aliphatic heterocycles. The van der Waals surface area contributed by atoms with Crippen LogP contribution in [0.3, 0.4) is 0 Å². The van der Waals surface area contributed by atoms with Crippen LogP contribution in [0.1, 0.15) is 32.8 Å². The summed E-state index contributed by atoms with van der Waals surface area (Å²) in [6.45, 7) is 9.74. The maximum absolute atomic E-state index is 12.0. The summed E-state index contributed by atoms with van der Waals surface area (Å²) in [5.41, 5.74) is 0.823. The minimum Gasteiger partial charge on any atom is -0.497 e. The number of carbonyl (C=O) groups excluding carboxylic acids is 1. The van der Waals surface area contributed by atoms with Gasteiger partial charge in [0.05, 0.1) is 7.11 Å². The lowest BCUT2D eigenvalue weighted by Gasteiger charge is -2.35. The normalized spacial score (nSPS) is 16.7. The summed E-state index contributed by atoms with van der Waals surface area (Å²) in [5, 5.41) is 0. The van der Waals surface area contributed by atoms with Crippen molar-refractivity contribution >= 4 is 6.09 Å². The molecule has 0 unspecified atom stereocenters. The van der Waals surface area contributed by atoms with Crippen LogP contribution in [-0.4, -0.2) is 54.8 Å². The summed E-state index contributed by atoms with van der Waals surface area (Å²) >= 11 is 0. The second kappa shape index (κ2) is 8.90. The lowest BCUT2D eigenvalue weighted by molar-refractivity contribution is 0.0139. The van der Waals surface area contributed by atoms with Gasteiger partial charge in [0.2, 0.25) is 0 Å². The number of benzene rings is 1. The Morgan fingerprint density at radius 3 is 2.04 bits per heavy atom. The molecule has 1 heterocycles. The molecule has 0 N–H and O–H groups in total. The number of methoxy groups -OCH3 is 1. The van der Waals surface area contributed by atoms with Crippen molar-refractivity contribution in [3.63, 3.8) is 0 Å². The lowest BCUT2D eigenvalue weighted by Crippen LogP contribution is -2.49. The molecule has 1 aliphatic carbocycles. The van der Waals surface area contributed by atoms with Crippen LogP contribution in [-0.2, 0) is 11.3 Å². The zero-order chi connectivity index (χ0) is 18.3. The van der Waals surface area contributed by atoms with Crippen molar-refractivity contribution in [2.24, 2.45) is 0 Å². The van der Waals surface area contributed by atoms with Gasteiger partial charge in [0.25, 0.3) is 0 Å². The summed E-state index contributed by atoms with van der Waals surface area (Å²) in [6, 6.07) is 8.12. The monoisotopic (exact) mass is 346 g/mol. The fourth-order valence-electron chi connectivity index (χ4n) is 2.40. The summed E-state index contributed by atoms with van der Waals surface area (Å²) in [4.78, 5) is 16.2. The first-order chi connectivity index (χ1) is 11.9. The van der Waals surface area contributed by atoms with Crippen molar-refractivity contribution in [2.45, 2.75) is 39.3 Å². The van der Waals surface area contributed by atoms with E-state index in [9.17, 15) is 4.79 Å². The largest absolute Gasteiger partial charge is 0.497 e. The second-order valence-electron chi connectivity index (χ2n) is 7.30. The van der Waals surface area contributed by atoms with Crippen molar-refractivity contribution in [3.8, 4) is 5.75 Å². The van der Waals surface area contributed by atoms with Gasteiger partial charge in [-0.05, 0) is 44.9 Å². The first kappa shape index (κ1) is 19.3. The van der Waals surface area contributed by atoms with E-state index in [1.54, 1.807) is 12.0 Å². The molecule has 5 nitrogen and oxygen atoms in total. The van der Waals surface area contributed by atoms with E-state index < -0.39 is 5.60 Å².